The second kappa shape index (κ2) is 8.68. The molecule has 1 aromatic rings. The third-order valence-electron chi connectivity index (χ3n) is 6.26. The number of carbonyl (C=O) groups excluding carboxylic acids is 1. The second-order valence-electron chi connectivity index (χ2n) is 8.12. The average Bonchev–Trinajstić information content (AvgIpc) is 3.34. The Bertz CT molecular complexity index is 687. The van der Waals surface area contributed by atoms with E-state index >= 15 is 0 Å². The van der Waals surface area contributed by atoms with Gasteiger partial charge in [0, 0.05) is 36.9 Å². The SMILES string of the molecule is COc1ccc(C2CN(C(=O)CO)CC2(C)C(C)O)cc1OCC1CCOC1. The number of ether oxygens (including phenoxy) is 3. The molecule has 2 fully saturated rings. The van der Waals surface area contributed by atoms with Crippen LogP contribution in [0.25, 0.3) is 0 Å². The molecule has 2 saturated heterocycles. The van der Waals surface area contributed by atoms with Crippen molar-refractivity contribution in [2.24, 2.45) is 11.3 Å². The Balaban J connectivity index is 1.85. The summed E-state index contributed by atoms with van der Waals surface area (Å²) in [6.07, 6.45) is 0.374. The lowest BCUT2D eigenvalue weighted by Crippen LogP contribution is -2.38. The van der Waals surface area contributed by atoms with Crippen LogP contribution >= 0.6 is 0 Å². The van der Waals surface area contributed by atoms with Gasteiger partial charge in [-0.25, -0.2) is 0 Å². The van der Waals surface area contributed by atoms with Crippen LogP contribution in [0, 0.1) is 11.3 Å². The first-order valence-electron chi connectivity index (χ1n) is 9.84. The molecule has 7 nitrogen and oxygen atoms in total. The quantitative estimate of drug-likeness (QED) is 0.728. The van der Waals surface area contributed by atoms with Crippen molar-refractivity contribution >= 4 is 5.91 Å². The molecule has 2 aliphatic rings. The fourth-order valence-corrected chi connectivity index (χ4v) is 4.16. The summed E-state index contributed by atoms with van der Waals surface area (Å²) in [5, 5.41) is 19.7. The van der Waals surface area contributed by atoms with E-state index in [1.807, 2.05) is 25.1 Å². The number of aliphatic hydroxyl groups is 2. The maximum Gasteiger partial charge on any atom is 0.248 e. The lowest BCUT2D eigenvalue weighted by atomic mass is 9.72. The Morgan fingerprint density at radius 1 is 1.43 bits per heavy atom. The van der Waals surface area contributed by atoms with Gasteiger partial charge in [0.15, 0.2) is 11.5 Å². The highest BCUT2D eigenvalue weighted by molar-refractivity contribution is 5.77. The highest BCUT2D eigenvalue weighted by Gasteiger charge is 2.48. The van der Waals surface area contributed by atoms with Crippen molar-refractivity contribution in [3.05, 3.63) is 23.8 Å². The summed E-state index contributed by atoms with van der Waals surface area (Å²) in [5.74, 6) is 1.29. The lowest BCUT2D eigenvalue weighted by Gasteiger charge is -2.33. The van der Waals surface area contributed by atoms with Gasteiger partial charge >= 0.3 is 0 Å². The van der Waals surface area contributed by atoms with E-state index in [0.29, 0.717) is 43.7 Å². The summed E-state index contributed by atoms with van der Waals surface area (Å²) in [6.45, 7) is 6.10. The molecule has 2 heterocycles. The molecule has 1 aromatic carbocycles. The highest BCUT2D eigenvalue weighted by Crippen LogP contribution is 2.46. The molecule has 3 rings (SSSR count). The summed E-state index contributed by atoms with van der Waals surface area (Å²) in [4.78, 5) is 13.7. The zero-order chi connectivity index (χ0) is 20.3. The van der Waals surface area contributed by atoms with Crippen molar-refractivity contribution in [2.75, 3.05) is 46.6 Å². The van der Waals surface area contributed by atoms with Crippen LogP contribution in [0.1, 0.15) is 31.7 Å². The number of methoxy groups -OCH3 is 1. The predicted molar refractivity (Wildman–Crippen MR) is 104 cm³/mol. The summed E-state index contributed by atoms with van der Waals surface area (Å²) in [5.41, 5.74) is 0.464. The molecule has 4 atom stereocenters. The van der Waals surface area contributed by atoms with Gasteiger partial charge in [-0.1, -0.05) is 13.0 Å². The Kier molecular flexibility index (Phi) is 6.47. The van der Waals surface area contributed by atoms with Gasteiger partial charge in [0.25, 0.3) is 0 Å². The zero-order valence-corrected chi connectivity index (χ0v) is 16.9. The normalized spacial score (nSPS) is 28.4. The molecule has 7 heteroatoms. The van der Waals surface area contributed by atoms with Crippen LogP contribution in [0.3, 0.4) is 0 Å². The summed E-state index contributed by atoms with van der Waals surface area (Å²) in [7, 11) is 1.61. The second-order valence-corrected chi connectivity index (χ2v) is 8.12. The van der Waals surface area contributed by atoms with Crippen LogP contribution < -0.4 is 9.47 Å². The Labute approximate surface area is 166 Å². The van der Waals surface area contributed by atoms with E-state index in [4.69, 9.17) is 14.2 Å². The van der Waals surface area contributed by atoms with Gasteiger partial charge in [0.2, 0.25) is 5.91 Å². The first-order chi connectivity index (χ1) is 13.4. The lowest BCUT2D eigenvalue weighted by molar-refractivity contribution is -0.133. The van der Waals surface area contributed by atoms with Crippen LogP contribution in [0.5, 0.6) is 11.5 Å². The van der Waals surface area contributed by atoms with E-state index in [1.165, 1.54) is 0 Å². The Morgan fingerprint density at radius 2 is 2.21 bits per heavy atom. The van der Waals surface area contributed by atoms with Gasteiger partial charge in [0.05, 0.1) is 26.4 Å². The fraction of sp³-hybridized carbons (Fsp3) is 0.667. The summed E-state index contributed by atoms with van der Waals surface area (Å²) < 4.78 is 16.9. The van der Waals surface area contributed by atoms with Gasteiger partial charge in [-0.15, -0.1) is 0 Å². The van der Waals surface area contributed by atoms with Crippen molar-refractivity contribution < 1.29 is 29.2 Å². The largest absolute Gasteiger partial charge is 0.493 e. The minimum absolute atomic E-state index is 0.0777. The summed E-state index contributed by atoms with van der Waals surface area (Å²) in [6, 6.07) is 5.78. The number of nitrogens with zero attached hydrogens (tertiary/aromatic N) is 1. The van der Waals surface area contributed by atoms with Gasteiger partial charge in [0.1, 0.15) is 6.61 Å². The predicted octanol–water partition coefficient (Wildman–Crippen LogP) is 1.42. The van der Waals surface area contributed by atoms with Crippen LogP contribution in [0.15, 0.2) is 18.2 Å². The number of rotatable bonds is 7. The van der Waals surface area contributed by atoms with E-state index in [2.05, 4.69) is 0 Å². The molecular weight excluding hydrogens is 362 g/mol. The van der Waals surface area contributed by atoms with E-state index in [1.54, 1.807) is 18.9 Å². The monoisotopic (exact) mass is 393 g/mol. The van der Waals surface area contributed by atoms with Gasteiger partial charge < -0.3 is 29.3 Å². The molecule has 2 aliphatic heterocycles. The number of benzene rings is 1. The van der Waals surface area contributed by atoms with E-state index in [-0.39, 0.29) is 11.8 Å². The van der Waals surface area contributed by atoms with Crippen molar-refractivity contribution in [1.82, 2.24) is 4.90 Å². The maximum atomic E-state index is 12.1. The standard InChI is InChI=1S/C21H31NO6/c1-14(24)21(2)13-22(20(25)10-23)9-17(21)16-4-5-18(26-3)19(8-16)28-12-15-6-7-27-11-15/h4-5,8,14-15,17,23-24H,6-7,9-13H2,1-3H3. The van der Waals surface area contributed by atoms with Crippen LogP contribution in [-0.4, -0.2) is 73.8 Å². The van der Waals surface area contributed by atoms with Crippen molar-refractivity contribution in [3.63, 3.8) is 0 Å². The van der Waals surface area contributed by atoms with Gasteiger partial charge in [-0.3, -0.25) is 4.79 Å². The molecule has 1 amide bonds. The zero-order valence-electron chi connectivity index (χ0n) is 16.9. The molecule has 2 N–H and O–H groups in total. The molecule has 0 spiro atoms. The molecule has 0 radical (unpaired) electrons. The fourth-order valence-electron chi connectivity index (χ4n) is 4.16. The van der Waals surface area contributed by atoms with Gasteiger partial charge in [-0.2, -0.15) is 0 Å². The highest BCUT2D eigenvalue weighted by atomic mass is 16.5. The molecular formula is C21H31NO6. The Hall–Kier alpha value is -1.83. The molecule has 0 bridgehead atoms. The van der Waals surface area contributed by atoms with Crippen molar-refractivity contribution in [2.45, 2.75) is 32.3 Å². The van der Waals surface area contributed by atoms with Gasteiger partial charge in [-0.05, 0) is 31.0 Å². The molecule has 0 aromatic heterocycles. The average molecular weight is 393 g/mol. The molecule has 0 aliphatic carbocycles. The van der Waals surface area contributed by atoms with Crippen LogP contribution in [0.4, 0.5) is 0 Å². The van der Waals surface area contributed by atoms with E-state index in [9.17, 15) is 15.0 Å². The van der Waals surface area contributed by atoms with Crippen LogP contribution in [-0.2, 0) is 9.53 Å². The number of aliphatic hydroxyl groups excluding tert-OH is 2. The third kappa shape index (κ3) is 4.11. The number of hydrogen-bond acceptors (Lipinski definition) is 6. The number of amides is 1. The van der Waals surface area contributed by atoms with Crippen LogP contribution in [0.2, 0.25) is 0 Å². The molecule has 156 valence electrons. The maximum absolute atomic E-state index is 12.1. The van der Waals surface area contributed by atoms with Crippen molar-refractivity contribution in [1.29, 1.82) is 0 Å². The smallest absolute Gasteiger partial charge is 0.248 e. The number of hydrogen-bond donors (Lipinski definition) is 2. The van der Waals surface area contributed by atoms with E-state index in [0.717, 1.165) is 18.6 Å². The van der Waals surface area contributed by atoms with Crippen molar-refractivity contribution in [3.8, 4) is 11.5 Å². The minimum Gasteiger partial charge on any atom is -0.493 e. The molecule has 28 heavy (non-hydrogen) atoms. The first-order valence-corrected chi connectivity index (χ1v) is 9.84. The topological polar surface area (TPSA) is 88.5 Å². The summed E-state index contributed by atoms with van der Waals surface area (Å²) >= 11 is 0. The minimum atomic E-state index is -0.615. The Morgan fingerprint density at radius 3 is 2.82 bits per heavy atom. The molecule has 0 saturated carbocycles. The van der Waals surface area contributed by atoms with E-state index < -0.39 is 18.1 Å². The molecule has 4 unspecified atom stereocenters. The third-order valence-corrected chi connectivity index (χ3v) is 6.26. The first kappa shape index (κ1) is 20.9. The number of carbonyl (C=O) groups is 1. The number of likely N-dealkylation sites (tertiary alicyclic amines) is 1.